The molecule has 0 unspecified atom stereocenters. The number of aryl methyl sites for hydroxylation is 1. The van der Waals surface area contributed by atoms with Gasteiger partial charge >= 0.3 is 17.6 Å². The highest BCUT2D eigenvalue weighted by Gasteiger charge is 2.22. The minimum atomic E-state index is -0.804. The second-order valence-electron chi connectivity index (χ2n) is 6.53. The van der Waals surface area contributed by atoms with Crippen LogP contribution in [0.3, 0.4) is 0 Å². The van der Waals surface area contributed by atoms with Crippen molar-refractivity contribution in [3.63, 3.8) is 0 Å². The van der Waals surface area contributed by atoms with Crippen molar-refractivity contribution in [3.05, 3.63) is 73.1 Å². The van der Waals surface area contributed by atoms with Crippen LogP contribution in [0, 0.1) is 5.82 Å². The summed E-state index contributed by atoms with van der Waals surface area (Å²) in [6, 6.07) is 4.44. The zero-order valence-corrected chi connectivity index (χ0v) is 17.8. The van der Waals surface area contributed by atoms with Gasteiger partial charge in [-0.3, -0.25) is 9.36 Å². The lowest BCUT2D eigenvalue weighted by Crippen LogP contribution is -2.37. The number of hydrogen-bond donors (Lipinski definition) is 0. The van der Waals surface area contributed by atoms with Crippen molar-refractivity contribution in [1.82, 2.24) is 9.13 Å². The molecule has 0 atom stereocenters. The highest BCUT2D eigenvalue weighted by Crippen LogP contribution is 2.34. The third-order valence-electron chi connectivity index (χ3n) is 4.45. The number of esters is 2. The van der Waals surface area contributed by atoms with Crippen molar-refractivity contribution in [3.8, 4) is 0 Å². The van der Waals surface area contributed by atoms with Crippen molar-refractivity contribution in [2.75, 3.05) is 6.61 Å². The Labute approximate surface area is 179 Å². The van der Waals surface area contributed by atoms with E-state index >= 15 is 0 Å². The Hall–Kier alpha value is -3.53. The number of thiophene rings is 1. The van der Waals surface area contributed by atoms with E-state index in [2.05, 4.69) is 0 Å². The van der Waals surface area contributed by atoms with Crippen LogP contribution in [0.2, 0.25) is 0 Å². The molecule has 0 aliphatic carbocycles. The molecule has 0 radical (unpaired) electrons. The standard InChI is InChI=1S/C21H19FN2O6S/c1-4-29-20(27)18-13(17-14(22)6-5-7-15(17)31-18)11-30-16(25)9-8-12-10-23(2)21(28)24(3)19(12)26/h5-10H,4,11H2,1-3H3/b9-8+. The third kappa shape index (κ3) is 4.48. The summed E-state index contributed by atoms with van der Waals surface area (Å²) in [6.45, 7) is 1.44. The van der Waals surface area contributed by atoms with Crippen LogP contribution in [0.25, 0.3) is 16.2 Å². The number of benzene rings is 1. The topological polar surface area (TPSA) is 96.6 Å². The van der Waals surface area contributed by atoms with Gasteiger partial charge in [-0.15, -0.1) is 11.3 Å². The summed E-state index contributed by atoms with van der Waals surface area (Å²) < 4.78 is 27.3. The third-order valence-corrected chi connectivity index (χ3v) is 5.63. The van der Waals surface area contributed by atoms with Crippen LogP contribution in [0.15, 0.2) is 40.1 Å². The predicted octanol–water partition coefficient (Wildman–Crippen LogP) is 2.37. The molecule has 0 saturated carbocycles. The van der Waals surface area contributed by atoms with Gasteiger partial charge in [0.2, 0.25) is 0 Å². The highest BCUT2D eigenvalue weighted by molar-refractivity contribution is 7.21. The highest BCUT2D eigenvalue weighted by atomic mass is 32.1. The summed E-state index contributed by atoms with van der Waals surface area (Å²) in [5.74, 6) is -1.97. The van der Waals surface area contributed by atoms with E-state index in [0.29, 0.717) is 4.70 Å². The van der Waals surface area contributed by atoms with E-state index in [-0.39, 0.29) is 34.6 Å². The molecule has 1 aromatic carbocycles. The molecule has 0 fully saturated rings. The van der Waals surface area contributed by atoms with Gasteiger partial charge in [-0.2, -0.15) is 0 Å². The summed E-state index contributed by atoms with van der Waals surface area (Å²) in [7, 11) is 2.80. The maximum absolute atomic E-state index is 14.4. The molecule has 10 heteroatoms. The molecule has 0 amide bonds. The molecule has 0 aliphatic rings. The van der Waals surface area contributed by atoms with Gasteiger partial charge in [0, 0.05) is 42.0 Å². The first-order valence-corrected chi connectivity index (χ1v) is 10.0. The zero-order valence-electron chi connectivity index (χ0n) is 17.0. The Morgan fingerprint density at radius 3 is 2.65 bits per heavy atom. The SMILES string of the molecule is CCOC(=O)c1sc2cccc(F)c2c1COC(=O)/C=C/c1cn(C)c(=O)n(C)c1=O. The van der Waals surface area contributed by atoms with E-state index in [0.717, 1.165) is 22.0 Å². The first-order valence-electron chi connectivity index (χ1n) is 9.23. The van der Waals surface area contributed by atoms with Crippen LogP contribution in [0.4, 0.5) is 4.39 Å². The molecule has 0 N–H and O–H groups in total. The average Bonchev–Trinajstić information content (AvgIpc) is 3.12. The van der Waals surface area contributed by atoms with Crippen LogP contribution in [0.5, 0.6) is 0 Å². The predicted molar refractivity (Wildman–Crippen MR) is 113 cm³/mol. The fraction of sp³-hybridized carbons (Fsp3) is 0.238. The molecule has 162 valence electrons. The molecule has 0 saturated heterocycles. The number of carbonyl (C=O) groups is 2. The second-order valence-corrected chi connectivity index (χ2v) is 7.58. The number of rotatable bonds is 6. The monoisotopic (exact) mass is 446 g/mol. The van der Waals surface area contributed by atoms with Crippen LogP contribution < -0.4 is 11.2 Å². The Morgan fingerprint density at radius 2 is 1.94 bits per heavy atom. The van der Waals surface area contributed by atoms with Crippen molar-refractivity contribution in [1.29, 1.82) is 0 Å². The summed E-state index contributed by atoms with van der Waals surface area (Å²) in [5, 5.41) is 0.194. The number of halogens is 1. The molecule has 0 bridgehead atoms. The summed E-state index contributed by atoms with van der Waals surface area (Å²) in [6.07, 6.45) is 3.55. The normalized spacial score (nSPS) is 11.2. The Bertz CT molecular complexity index is 1320. The first-order chi connectivity index (χ1) is 14.7. The molecule has 0 spiro atoms. The number of carbonyl (C=O) groups excluding carboxylic acids is 2. The maximum atomic E-state index is 14.4. The van der Waals surface area contributed by atoms with Crippen LogP contribution >= 0.6 is 11.3 Å². The van der Waals surface area contributed by atoms with E-state index in [1.165, 1.54) is 43.1 Å². The van der Waals surface area contributed by atoms with Gasteiger partial charge in [-0.1, -0.05) is 6.07 Å². The molecular formula is C21H19FN2O6S. The maximum Gasteiger partial charge on any atom is 0.348 e. The average molecular weight is 446 g/mol. The molecule has 2 heterocycles. The number of nitrogens with zero attached hydrogens (tertiary/aromatic N) is 2. The van der Waals surface area contributed by atoms with Gasteiger partial charge in [0.25, 0.3) is 5.56 Å². The summed E-state index contributed by atoms with van der Waals surface area (Å²) in [4.78, 5) is 48.5. The Balaban J connectivity index is 1.86. The Morgan fingerprint density at radius 1 is 1.19 bits per heavy atom. The van der Waals surface area contributed by atoms with Crippen molar-refractivity contribution < 1.29 is 23.5 Å². The van der Waals surface area contributed by atoms with E-state index in [1.807, 2.05) is 0 Å². The minimum absolute atomic E-state index is 0.112. The fourth-order valence-corrected chi connectivity index (χ4v) is 4.08. The smallest absolute Gasteiger partial charge is 0.348 e. The summed E-state index contributed by atoms with van der Waals surface area (Å²) in [5.41, 5.74) is -0.734. The van der Waals surface area contributed by atoms with Crippen LogP contribution in [0.1, 0.15) is 27.7 Å². The van der Waals surface area contributed by atoms with E-state index < -0.39 is 29.0 Å². The van der Waals surface area contributed by atoms with Crippen molar-refractivity contribution in [2.45, 2.75) is 13.5 Å². The van der Waals surface area contributed by atoms with Crippen LogP contribution in [-0.2, 0) is 35.0 Å². The van der Waals surface area contributed by atoms with E-state index in [9.17, 15) is 23.6 Å². The Kier molecular flexibility index (Phi) is 6.50. The van der Waals surface area contributed by atoms with Gasteiger partial charge in [0.05, 0.1) is 12.2 Å². The van der Waals surface area contributed by atoms with Gasteiger partial charge in [0.15, 0.2) is 0 Å². The molecule has 0 aliphatic heterocycles. The molecule has 2 aromatic heterocycles. The number of aromatic nitrogens is 2. The minimum Gasteiger partial charge on any atom is -0.462 e. The number of ether oxygens (including phenoxy) is 2. The van der Waals surface area contributed by atoms with Crippen LogP contribution in [-0.4, -0.2) is 27.7 Å². The van der Waals surface area contributed by atoms with Gasteiger partial charge in [-0.25, -0.2) is 18.8 Å². The lowest BCUT2D eigenvalue weighted by atomic mass is 10.1. The molecule has 3 aromatic rings. The lowest BCUT2D eigenvalue weighted by Gasteiger charge is -2.06. The quantitative estimate of drug-likeness (QED) is 0.426. The fourth-order valence-electron chi connectivity index (χ4n) is 2.97. The van der Waals surface area contributed by atoms with Crippen molar-refractivity contribution in [2.24, 2.45) is 14.1 Å². The van der Waals surface area contributed by atoms with Crippen molar-refractivity contribution >= 4 is 39.4 Å². The zero-order chi connectivity index (χ0) is 22.7. The molecule has 8 nitrogen and oxygen atoms in total. The summed E-state index contributed by atoms with van der Waals surface area (Å²) >= 11 is 1.05. The first kappa shape index (κ1) is 22.2. The van der Waals surface area contributed by atoms with Gasteiger partial charge < -0.3 is 14.0 Å². The van der Waals surface area contributed by atoms with Gasteiger partial charge in [-0.05, 0) is 25.1 Å². The van der Waals surface area contributed by atoms with E-state index in [1.54, 1.807) is 13.0 Å². The molecular weight excluding hydrogens is 427 g/mol. The molecule has 3 rings (SSSR count). The molecule has 31 heavy (non-hydrogen) atoms. The number of hydrogen-bond acceptors (Lipinski definition) is 7. The van der Waals surface area contributed by atoms with Gasteiger partial charge in [0.1, 0.15) is 17.3 Å². The number of fused-ring (bicyclic) bond motifs is 1. The second kappa shape index (κ2) is 9.09. The largest absolute Gasteiger partial charge is 0.462 e. The van der Waals surface area contributed by atoms with E-state index in [4.69, 9.17) is 9.47 Å². The lowest BCUT2D eigenvalue weighted by molar-refractivity contribution is -0.138.